The van der Waals surface area contributed by atoms with Gasteiger partial charge in [-0.15, -0.1) is 11.3 Å². The third-order valence-corrected chi connectivity index (χ3v) is 5.67. The molecule has 2 heteroatoms. The Bertz CT molecular complexity index is 1010. The van der Waals surface area contributed by atoms with Gasteiger partial charge in [0.05, 0.1) is 5.69 Å². The second-order valence-electron chi connectivity index (χ2n) is 6.36. The van der Waals surface area contributed by atoms with Crippen LogP contribution in [0.4, 0.5) is 0 Å². The minimum absolute atomic E-state index is 0.511. The van der Waals surface area contributed by atoms with E-state index < -0.39 is 0 Å². The van der Waals surface area contributed by atoms with Crippen molar-refractivity contribution in [3.8, 4) is 11.3 Å². The Morgan fingerprint density at radius 2 is 1.74 bits per heavy atom. The van der Waals surface area contributed by atoms with Crippen LogP contribution in [-0.2, 0) is 0 Å². The molecule has 0 N–H and O–H groups in total. The van der Waals surface area contributed by atoms with Crippen molar-refractivity contribution < 1.29 is 0 Å². The van der Waals surface area contributed by atoms with E-state index in [1.165, 1.54) is 36.9 Å². The molecular formula is C21H19NS. The molecule has 2 aromatic carbocycles. The summed E-state index contributed by atoms with van der Waals surface area (Å²) in [6.07, 6.45) is 2.04. The van der Waals surface area contributed by atoms with Crippen LogP contribution in [0, 0.1) is 6.92 Å². The van der Waals surface area contributed by atoms with Crippen LogP contribution in [0.3, 0.4) is 0 Å². The molecule has 2 heterocycles. The Morgan fingerprint density at radius 1 is 0.957 bits per heavy atom. The third-order valence-electron chi connectivity index (χ3n) is 4.45. The van der Waals surface area contributed by atoms with Crippen molar-refractivity contribution >= 4 is 31.5 Å². The van der Waals surface area contributed by atoms with Crippen LogP contribution >= 0.6 is 11.3 Å². The maximum absolute atomic E-state index is 4.76. The molecule has 114 valence electrons. The molecule has 0 radical (unpaired) electrons. The average molecular weight is 317 g/mol. The summed E-state index contributed by atoms with van der Waals surface area (Å²) in [5.41, 5.74) is 4.96. The van der Waals surface area contributed by atoms with Gasteiger partial charge in [-0.1, -0.05) is 50.2 Å². The van der Waals surface area contributed by atoms with E-state index >= 15 is 0 Å². The fraction of sp³-hybridized carbons (Fsp3) is 0.190. The highest BCUT2D eigenvalue weighted by atomic mass is 32.1. The smallest absolute Gasteiger partial charge is 0.0719 e. The molecule has 0 fully saturated rings. The number of benzene rings is 2. The van der Waals surface area contributed by atoms with Crippen LogP contribution in [0.2, 0.25) is 0 Å². The highest BCUT2D eigenvalue weighted by Gasteiger charge is 2.12. The predicted molar refractivity (Wildman–Crippen MR) is 101 cm³/mol. The zero-order chi connectivity index (χ0) is 16.0. The molecule has 0 aliphatic heterocycles. The maximum Gasteiger partial charge on any atom is 0.0719 e. The lowest BCUT2D eigenvalue weighted by Gasteiger charge is -2.11. The Balaban J connectivity index is 1.97. The summed E-state index contributed by atoms with van der Waals surface area (Å²) in [5, 5.41) is 2.67. The van der Waals surface area contributed by atoms with Gasteiger partial charge < -0.3 is 0 Å². The fourth-order valence-electron chi connectivity index (χ4n) is 3.27. The van der Waals surface area contributed by atoms with Crippen LogP contribution in [0.5, 0.6) is 0 Å². The first-order valence-corrected chi connectivity index (χ1v) is 8.84. The summed E-state index contributed by atoms with van der Waals surface area (Å²) in [6, 6.07) is 17.4. The lowest BCUT2D eigenvalue weighted by molar-refractivity contribution is 0.848. The van der Waals surface area contributed by atoms with Crippen LogP contribution in [-0.4, -0.2) is 4.98 Å². The Labute approximate surface area is 140 Å². The van der Waals surface area contributed by atoms with E-state index in [1.807, 2.05) is 17.5 Å². The number of aryl methyl sites for hydroxylation is 1. The Hall–Kier alpha value is -2.19. The minimum Gasteiger partial charge on any atom is -0.256 e. The summed E-state index contributed by atoms with van der Waals surface area (Å²) in [6.45, 7) is 6.62. The first kappa shape index (κ1) is 14.4. The van der Waals surface area contributed by atoms with Gasteiger partial charge in [0, 0.05) is 31.9 Å². The normalized spacial score (nSPS) is 11.7. The van der Waals surface area contributed by atoms with Crippen LogP contribution < -0.4 is 0 Å². The van der Waals surface area contributed by atoms with Crippen molar-refractivity contribution in [2.45, 2.75) is 26.7 Å². The molecule has 4 aromatic rings. The van der Waals surface area contributed by atoms with Crippen LogP contribution in [0.25, 0.3) is 31.4 Å². The number of aromatic nitrogens is 1. The average Bonchev–Trinajstić information content (AvgIpc) is 2.93. The Kier molecular flexibility index (Phi) is 3.42. The van der Waals surface area contributed by atoms with Crippen molar-refractivity contribution in [3.05, 3.63) is 65.9 Å². The van der Waals surface area contributed by atoms with Crippen LogP contribution in [0.15, 0.2) is 54.7 Å². The number of thiophene rings is 1. The molecule has 0 spiro atoms. The lowest BCUT2D eigenvalue weighted by atomic mass is 9.98. The number of rotatable bonds is 2. The standard InChI is InChI=1S/C21H19NS/c1-13(2)18-12-22-19(11-14(18)3)17-9-6-8-16-15-7-4-5-10-20(15)23-21(16)17/h4-13H,1-3H3. The summed E-state index contributed by atoms with van der Waals surface area (Å²) in [4.78, 5) is 4.76. The summed E-state index contributed by atoms with van der Waals surface area (Å²) >= 11 is 1.86. The monoisotopic (exact) mass is 317 g/mol. The van der Waals surface area contributed by atoms with Gasteiger partial charge in [-0.25, -0.2) is 0 Å². The first-order valence-electron chi connectivity index (χ1n) is 8.02. The lowest BCUT2D eigenvalue weighted by Crippen LogP contribution is -1.95. The van der Waals surface area contributed by atoms with Crippen LogP contribution in [0.1, 0.15) is 30.9 Å². The molecule has 0 amide bonds. The number of hydrogen-bond donors (Lipinski definition) is 0. The van der Waals surface area contributed by atoms with Gasteiger partial charge in [-0.2, -0.15) is 0 Å². The molecule has 23 heavy (non-hydrogen) atoms. The molecule has 0 unspecified atom stereocenters. The molecule has 0 aliphatic carbocycles. The van der Waals surface area contributed by atoms with Gasteiger partial charge in [0.15, 0.2) is 0 Å². The van der Waals surface area contributed by atoms with Crippen molar-refractivity contribution in [1.82, 2.24) is 4.98 Å². The maximum atomic E-state index is 4.76. The molecule has 0 aliphatic rings. The third kappa shape index (κ3) is 2.34. The second kappa shape index (κ2) is 5.47. The van der Waals surface area contributed by atoms with E-state index in [1.54, 1.807) is 0 Å². The topological polar surface area (TPSA) is 12.9 Å². The van der Waals surface area contributed by atoms with Crippen molar-refractivity contribution in [3.63, 3.8) is 0 Å². The van der Waals surface area contributed by atoms with E-state index in [4.69, 9.17) is 4.98 Å². The van der Waals surface area contributed by atoms with E-state index in [-0.39, 0.29) is 0 Å². The Morgan fingerprint density at radius 3 is 2.52 bits per heavy atom. The van der Waals surface area contributed by atoms with Crippen molar-refractivity contribution in [2.75, 3.05) is 0 Å². The summed E-state index contributed by atoms with van der Waals surface area (Å²) in [5.74, 6) is 0.511. The van der Waals surface area contributed by atoms with E-state index in [9.17, 15) is 0 Å². The summed E-state index contributed by atoms with van der Waals surface area (Å²) < 4.78 is 2.67. The molecular weight excluding hydrogens is 298 g/mol. The number of fused-ring (bicyclic) bond motifs is 3. The fourth-order valence-corrected chi connectivity index (χ4v) is 4.49. The zero-order valence-corrected chi connectivity index (χ0v) is 14.4. The molecule has 0 bridgehead atoms. The highest BCUT2D eigenvalue weighted by molar-refractivity contribution is 7.26. The second-order valence-corrected chi connectivity index (χ2v) is 7.41. The van der Waals surface area contributed by atoms with Gasteiger partial charge in [0.25, 0.3) is 0 Å². The first-order chi connectivity index (χ1) is 11.1. The van der Waals surface area contributed by atoms with Gasteiger partial charge in [-0.05, 0) is 36.1 Å². The summed E-state index contributed by atoms with van der Waals surface area (Å²) in [7, 11) is 0. The zero-order valence-electron chi connectivity index (χ0n) is 13.6. The number of hydrogen-bond acceptors (Lipinski definition) is 2. The SMILES string of the molecule is Cc1cc(-c2cccc3c2sc2ccccc23)ncc1C(C)C. The molecule has 2 aromatic heterocycles. The van der Waals surface area contributed by atoms with Gasteiger partial charge in [-0.3, -0.25) is 4.98 Å². The highest BCUT2D eigenvalue weighted by Crippen LogP contribution is 2.39. The van der Waals surface area contributed by atoms with Gasteiger partial charge in [0.1, 0.15) is 0 Å². The largest absolute Gasteiger partial charge is 0.256 e. The van der Waals surface area contributed by atoms with Crippen molar-refractivity contribution in [2.24, 2.45) is 0 Å². The number of nitrogens with zero attached hydrogens (tertiary/aromatic N) is 1. The van der Waals surface area contributed by atoms with Crippen molar-refractivity contribution in [1.29, 1.82) is 0 Å². The minimum atomic E-state index is 0.511. The van der Waals surface area contributed by atoms with E-state index in [2.05, 4.69) is 69.3 Å². The molecule has 0 atom stereocenters. The predicted octanol–water partition coefficient (Wildman–Crippen LogP) is 6.55. The molecule has 1 nitrogen and oxygen atoms in total. The quantitative estimate of drug-likeness (QED) is 0.408. The van der Waals surface area contributed by atoms with Gasteiger partial charge >= 0.3 is 0 Å². The number of pyridine rings is 1. The molecule has 4 rings (SSSR count). The van der Waals surface area contributed by atoms with Gasteiger partial charge in [0.2, 0.25) is 0 Å². The van der Waals surface area contributed by atoms with E-state index in [0.717, 1.165) is 5.69 Å². The van der Waals surface area contributed by atoms with E-state index in [0.29, 0.717) is 5.92 Å². The molecule has 0 saturated heterocycles. The molecule has 0 saturated carbocycles.